The molecule has 22 heavy (non-hydrogen) atoms. The highest BCUT2D eigenvalue weighted by atomic mass is 16.6. The van der Waals surface area contributed by atoms with E-state index in [-0.39, 0.29) is 12.3 Å². The first-order valence-electron chi connectivity index (χ1n) is 7.06. The molecule has 1 amide bonds. The highest BCUT2D eigenvalue weighted by Crippen LogP contribution is 2.16. The fourth-order valence-corrected chi connectivity index (χ4v) is 2.10. The monoisotopic (exact) mass is 305 g/mol. The summed E-state index contributed by atoms with van der Waals surface area (Å²) in [5.41, 5.74) is 1.70. The van der Waals surface area contributed by atoms with Gasteiger partial charge in [-0.15, -0.1) is 0 Å². The SMILES string of the molecule is COC(=O)/C(NC(=O)OCc1ccccc1)=C1/CCCOC1. The number of amides is 1. The predicted molar refractivity (Wildman–Crippen MR) is 78.9 cm³/mol. The maximum Gasteiger partial charge on any atom is 0.412 e. The smallest absolute Gasteiger partial charge is 0.412 e. The molecular formula is C16H19NO5. The van der Waals surface area contributed by atoms with Gasteiger partial charge in [0.1, 0.15) is 12.3 Å². The zero-order chi connectivity index (χ0) is 15.8. The van der Waals surface area contributed by atoms with Gasteiger partial charge in [0.15, 0.2) is 0 Å². The van der Waals surface area contributed by atoms with Crippen LogP contribution in [0.3, 0.4) is 0 Å². The van der Waals surface area contributed by atoms with E-state index in [0.29, 0.717) is 19.6 Å². The number of hydrogen-bond acceptors (Lipinski definition) is 5. The van der Waals surface area contributed by atoms with Gasteiger partial charge in [0.2, 0.25) is 0 Å². The molecule has 1 aromatic rings. The molecule has 1 heterocycles. The van der Waals surface area contributed by atoms with Crippen molar-refractivity contribution in [3.05, 3.63) is 47.2 Å². The van der Waals surface area contributed by atoms with Gasteiger partial charge in [-0.2, -0.15) is 0 Å². The van der Waals surface area contributed by atoms with Crippen LogP contribution in [0.2, 0.25) is 0 Å². The highest BCUT2D eigenvalue weighted by Gasteiger charge is 2.21. The summed E-state index contributed by atoms with van der Waals surface area (Å²) in [6, 6.07) is 9.30. The number of esters is 1. The fraction of sp³-hybridized carbons (Fsp3) is 0.375. The summed E-state index contributed by atoms with van der Waals surface area (Å²) in [5, 5.41) is 2.47. The van der Waals surface area contributed by atoms with E-state index in [1.54, 1.807) is 0 Å². The molecule has 1 N–H and O–H groups in total. The van der Waals surface area contributed by atoms with Crippen LogP contribution in [0, 0.1) is 0 Å². The Bertz CT molecular complexity index is 545. The molecule has 1 aromatic carbocycles. The Hall–Kier alpha value is -2.34. The van der Waals surface area contributed by atoms with E-state index in [4.69, 9.17) is 14.2 Å². The Morgan fingerprint density at radius 1 is 1.27 bits per heavy atom. The molecule has 118 valence electrons. The Morgan fingerprint density at radius 2 is 2.05 bits per heavy atom. The maximum atomic E-state index is 11.9. The van der Waals surface area contributed by atoms with Gasteiger partial charge in [0.05, 0.1) is 13.7 Å². The molecular weight excluding hydrogens is 286 g/mol. The number of hydrogen-bond donors (Lipinski definition) is 1. The van der Waals surface area contributed by atoms with Crippen molar-refractivity contribution >= 4 is 12.1 Å². The molecule has 0 atom stereocenters. The van der Waals surface area contributed by atoms with E-state index >= 15 is 0 Å². The molecule has 1 aliphatic rings. The quantitative estimate of drug-likeness (QED) is 0.681. The van der Waals surface area contributed by atoms with Gasteiger partial charge in [0.25, 0.3) is 0 Å². The van der Waals surface area contributed by atoms with Gasteiger partial charge in [-0.3, -0.25) is 5.32 Å². The van der Waals surface area contributed by atoms with Crippen molar-refractivity contribution in [3.63, 3.8) is 0 Å². The number of carbonyl (C=O) groups is 2. The van der Waals surface area contributed by atoms with Crippen LogP contribution in [0.25, 0.3) is 0 Å². The van der Waals surface area contributed by atoms with E-state index < -0.39 is 12.1 Å². The molecule has 2 rings (SSSR count). The summed E-state index contributed by atoms with van der Waals surface area (Å²) >= 11 is 0. The van der Waals surface area contributed by atoms with Crippen molar-refractivity contribution in [1.82, 2.24) is 5.32 Å². The first-order valence-corrected chi connectivity index (χ1v) is 7.06. The Kier molecular flexibility index (Phi) is 5.97. The van der Waals surface area contributed by atoms with Crippen LogP contribution in [0.5, 0.6) is 0 Å². The molecule has 1 aliphatic heterocycles. The largest absolute Gasteiger partial charge is 0.464 e. The van der Waals surface area contributed by atoms with Gasteiger partial charge in [-0.05, 0) is 24.0 Å². The maximum absolute atomic E-state index is 11.9. The number of methoxy groups -OCH3 is 1. The van der Waals surface area contributed by atoms with Gasteiger partial charge < -0.3 is 14.2 Å². The fourth-order valence-electron chi connectivity index (χ4n) is 2.10. The van der Waals surface area contributed by atoms with Crippen molar-refractivity contribution in [2.45, 2.75) is 19.4 Å². The Morgan fingerprint density at radius 3 is 2.68 bits per heavy atom. The summed E-state index contributed by atoms with van der Waals surface area (Å²) in [5.74, 6) is -0.600. The van der Waals surface area contributed by atoms with Crippen molar-refractivity contribution < 1.29 is 23.8 Å². The predicted octanol–water partition coefficient (Wildman–Crippen LogP) is 2.15. The summed E-state index contributed by atoms with van der Waals surface area (Å²) in [7, 11) is 1.27. The Balaban J connectivity index is 1.97. The normalized spacial score (nSPS) is 16.6. The lowest BCUT2D eigenvalue weighted by Gasteiger charge is -2.18. The highest BCUT2D eigenvalue weighted by molar-refractivity contribution is 5.93. The molecule has 0 aliphatic carbocycles. The topological polar surface area (TPSA) is 73.9 Å². The number of alkyl carbamates (subject to hydrolysis) is 1. The van der Waals surface area contributed by atoms with E-state index in [1.165, 1.54) is 7.11 Å². The van der Waals surface area contributed by atoms with Gasteiger partial charge >= 0.3 is 12.1 Å². The number of benzene rings is 1. The molecule has 0 spiro atoms. The van der Waals surface area contributed by atoms with E-state index in [2.05, 4.69) is 5.32 Å². The molecule has 6 heteroatoms. The molecule has 0 unspecified atom stereocenters. The van der Waals surface area contributed by atoms with Crippen LogP contribution in [-0.2, 0) is 25.6 Å². The zero-order valence-electron chi connectivity index (χ0n) is 12.5. The second-order valence-corrected chi connectivity index (χ2v) is 4.81. The molecule has 1 saturated heterocycles. The first kappa shape index (κ1) is 16.0. The van der Waals surface area contributed by atoms with E-state index in [1.807, 2.05) is 30.3 Å². The van der Waals surface area contributed by atoms with Crippen molar-refractivity contribution in [2.75, 3.05) is 20.3 Å². The van der Waals surface area contributed by atoms with Crippen LogP contribution in [0.15, 0.2) is 41.6 Å². The third kappa shape index (κ3) is 4.60. The minimum Gasteiger partial charge on any atom is -0.464 e. The second kappa shape index (κ2) is 8.19. The number of carbonyl (C=O) groups excluding carboxylic acids is 2. The van der Waals surface area contributed by atoms with Crippen LogP contribution < -0.4 is 5.32 Å². The number of rotatable bonds is 4. The standard InChI is InChI=1S/C16H19NO5/c1-20-15(18)14(13-8-5-9-21-11-13)17-16(19)22-10-12-6-3-2-4-7-12/h2-4,6-7H,5,8-11H2,1H3,(H,17,19)/b14-13+. The summed E-state index contributed by atoms with van der Waals surface area (Å²) in [6.45, 7) is 1.09. The number of nitrogens with one attached hydrogen (secondary N) is 1. The summed E-state index contributed by atoms with van der Waals surface area (Å²) < 4.78 is 15.1. The van der Waals surface area contributed by atoms with Crippen molar-refractivity contribution in [3.8, 4) is 0 Å². The van der Waals surface area contributed by atoms with Gasteiger partial charge in [-0.25, -0.2) is 9.59 Å². The van der Waals surface area contributed by atoms with E-state index in [9.17, 15) is 9.59 Å². The molecule has 0 radical (unpaired) electrons. The third-order valence-electron chi connectivity index (χ3n) is 3.23. The lowest BCUT2D eigenvalue weighted by molar-refractivity contribution is -0.136. The average Bonchev–Trinajstić information content (AvgIpc) is 2.59. The molecule has 0 bridgehead atoms. The van der Waals surface area contributed by atoms with E-state index in [0.717, 1.165) is 17.6 Å². The first-order chi connectivity index (χ1) is 10.7. The van der Waals surface area contributed by atoms with Gasteiger partial charge in [0, 0.05) is 6.61 Å². The van der Waals surface area contributed by atoms with Crippen molar-refractivity contribution in [2.24, 2.45) is 0 Å². The van der Waals surface area contributed by atoms with Crippen LogP contribution in [0.1, 0.15) is 18.4 Å². The van der Waals surface area contributed by atoms with Crippen LogP contribution in [-0.4, -0.2) is 32.4 Å². The van der Waals surface area contributed by atoms with Crippen molar-refractivity contribution in [1.29, 1.82) is 0 Å². The minimum atomic E-state index is -0.692. The van der Waals surface area contributed by atoms with Gasteiger partial charge in [-0.1, -0.05) is 30.3 Å². The zero-order valence-corrected chi connectivity index (χ0v) is 12.5. The average molecular weight is 305 g/mol. The Labute approximate surface area is 129 Å². The molecule has 6 nitrogen and oxygen atoms in total. The lowest BCUT2D eigenvalue weighted by Crippen LogP contribution is -2.31. The molecule has 1 fully saturated rings. The second-order valence-electron chi connectivity index (χ2n) is 4.81. The third-order valence-corrected chi connectivity index (χ3v) is 3.23. The van der Waals surface area contributed by atoms with Crippen LogP contribution >= 0.6 is 0 Å². The molecule has 0 saturated carbocycles. The summed E-state index contributed by atoms with van der Waals surface area (Å²) in [4.78, 5) is 23.7. The number of ether oxygens (including phenoxy) is 3. The molecule has 0 aromatic heterocycles. The summed E-state index contributed by atoms with van der Waals surface area (Å²) in [6.07, 6.45) is 0.794. The minimum absolute atomic E-state index is 0.111. The lowest BCUT2D eigenvalue weighted by atomic mass is 10.1. The van der Waals surface area contributed by atoms with Crippen LogP contribution in [0.4, 0.5) is 4.79 Å².